The van der Waals surface area contributed by atoms with Crippen molar-refractivity contribution in [2.24, 2.45) is 0 Å². The van der Waals surface area contributed by atoms with Gasteiger partial charge in [0.1, 0.15) is 18.1 Å². The SMILES string of the molecule is COc1cccc(/C([O-])=C2\C(=O)C(=O)N(CCC[n+]3cc[nH]c3)C2c2ccc(C(C)C)cc2)c1. The minimum Gasteiger partial charge on any atom is -0.872 e. The van der Waals surface area contributed by atoms with Gasteiger partial charge < -0.3 is 14.7 Å². The average molecular weight is 460 g/mol. The number of H-pyrrole nitrogens is 1. The number of aryl methyl sites for hydroxylation is 1. The number of likely N-dealkylation sites (tertiary alicyclic amines) is 1. The Bertz CT molecular complexity index is 1200. The summed E-state index contributed by atoms with van der Waals surface area (Å²) in [7, 11) is 1.52. The number of Topliss-reactive ketones (excluding diaryl/α,β-unsaturated/α-hetero) is 1. The maximum absolute atomic E-state index is 13.5. The van der Waals surface area contributed by atoms with Crippen molar-refractivity contribution < 1.29 is 24.0 Å². The summed E-state index contributed by atoms with van der Waals surface area (Å²) in [4.78, 5) is 30.8. The van der Waals surface area contributed by atoms with Gasteiger partial charge in [0.25, 0.3) is 5.91 Å². The van der Waals surface area contributed by atoms with Crippen LogP contribution in [0, 0.1) is 0 Å². The van der Waals surface area contributed by atoms with E-state index in [-0.39, 0.29) is 5.57 Å². The molecule has 1 N–H and O–H groups in total. The zero-order valence-corrected chi connectivity index (χ0v) is 19.7. The van der Waals surface area contributed by atoms with Gasteiger partial charge in [-0.15, -0.1) is 0 Å². The number of ether oxygens (including phenoxy) is 1. The third-order valence-electron chi connectivity index (χ3n) is 6.20. The molecule has 2 heterocycles. The number of carbonyl (C=O) groups excluding carboxylic acids is 2. The molecule has 0 radical (unpaired) electrons. The lowest BCUT2D eigenvalue weighted by Gasteiger charge is -2.27. The van der Waals surface area contributed by atoms with E-state index in [0.29, 0.717) is 36.7 Å². The van der Waals surface area contributed by atoms with Crippen LogP contribution < -0.4 is 14.4 Å². The molecule has 0 spiro atoms. The highest BCUT2D eigenvalue weighted by molar-refractivity contribution is 6.46. The molecular weight excluding hydrogens is 430 g/mol. The number of hydrogen-bond donors (Lipinski definition) is 1. The number of nitrogens with one attached hydrogen (secondary N) is 1. The smallest absolute Gasteiger partial charge is 0.295 e. The zero-order chi connectivity index (χ0) is 24.2. The molecule has 1 atom stereocenters. The van der Waals surface area contributed by atoms with Crippen LogP contribution in [0.2, 0.25) is 0 Å². The van der Waals surface area contributed by atoms with E-state index in [1.165, 1.54) is 12.0 Å². The maximum atomic E-state index is 13.5. The van der Waals surface area contributed by atoms with E-state index >= 15 is 0 Å². The van der Waals surface area contributed by atoms with Gasteiger partial charge in [0.2, 0.25) is 12.1 Å². The molecule has 0 bridgehead atoms. The van der Waals surface area contributed by atoms with Gasteiger partial charge in [0.15, 0.2) is 0 Å². The quantitative estimate of drug-likeness (QED) is 0.243. The number of aromatic amines is 1. The average Bonchev–Trinajstić information content (AvgIpc) is 3.46. The van der Waals surface area contributed by atoms with E-state index in [9.17, 15) is 14.7 Å². The van der Waals surface area contributed by atoms with Crippen molar-refractivity contribution in [3.8, 4) is 5.75 Å². The van der Waals surface area contributed by atoms with Crippen molar-refractivity contribution >= 4 is 17.4 Å². The monoisotopic (exact) mass is 459 g/mol. The Morgan fingerprint density at radius 3 is 2.59 bits per heavy atom. The van der Waals surface area contributed by atoms with Gasteiger partial charge in [-0.3, -0.25) is 14.6 Å². The summed E-state index contributed by atoms with van der Waals surface area (Å²) >= 11 is 0. The fraction of sp³-hybridized carbons (Fsp3) is 0.296. The Balaban J connectivity index is 1.74. The number of benzene rings is 2. The summed E-state index contributed by atoms with van der Waals surface area (Å²) < 4.78 is 7.22. The van der Waals surface area contributed by atoms with Gasteiger partial charge >= 0.3 is 0 Å². The number of methoxy groups -OCH3 is 1. The maximum Gasteiger partial charge on any atom is 0.295 e. The molecule has 1 saturated heterocycles. The van der Waals surface area contributed by atoms with Gasteiger partial charge in [-0.25, -0.2) is 4.57 Å². The Labute approximate surface area is 199 Å². The van der Waals surface area contributed by atoms with Crippen molar-refractivity contribution in [2.45, 2.75) is 38.8 Å². The number of ketones is 1. The van der Waals surface area contributed by atoms with Gasteiger partial charge in [0, 0.05) is 18.5 Å². The van der Waals surface area contributed by atoms with Crippen LogP contribution in [0.5, 0.6) is 5.75 Å². The third-order valence-corrected chi connectivity index (χ3v) is 6.20. The summed E-state index contributed by atoms with van der Waals surface area (Å²) in [6.07, 6.45) is 6.21. The highest BCUT2D eigenvalue weighted by atomic mass is 16.5. The minimum atomic E-state index is -0.736. The van der Waals surface area contributed by atoms with Crippen molar-refractivity contribution in [2.75, 3.05) is 13.7 Å². The normalized spacial score (nSPS) is 17.5. The first kappa shape index (κ1) is 23.3. The van der Waals surface area contributed by atoms with Crippen LogP contribution >= 0.6 is 0 Å². The van der Waals surface area contributed by atoms with Crippen LogP contribution in [0.4, 0.5) is 0 Å². The van der Waals surface area contributed by atoms with E-state index in [0.717, 1.165) is 11.1 Å². The molecule has 1 amide bonds. The number of carbonyl (C=O) groups is 2. The highest BCUT2D eigenvalue weighted by Crippen LogP contribution is 2.39. The number of aromatic nitrogens is 2. The van der Waals surface area contributed by atoms with Gasteiger partial charge in [-0.2, -0.15) is 0 Å². The number of nitrogens with zero attached hydrogens (tertiary/aromatic N) is 2. The molecule has 3 aromatic rings. The van der Waals surface area contributed by atoms with Gasteiger partial charge in [-0.05, 0) is 34.7 Å². The fourth-order valence-electron chi connectivity index (χ4n) is 4.31. The molecule has 7 nitrogen and oxygen atoms in total. The Morgan fingerprint density at radius 2 is 1.94 bits per heavy atom. The summed E-state index contributed by atoms with van der Waals surface area (Å²) in [6, 6.07) is 13.8. The predicted molar refractivity (Wildman–Crippen MR) is 126 cm³/mol. The zero-order valence-electron chi connectivity index (χ0n) is 19.7. The molecule has 0 saturated carbocycles. The first-order valence-electron chi connectivity index (χ1n) is 11.4. The molecule has 34 heavy (non-hydrogen) atoms. The van der Waals surface area contributed by atoms with Crippen LogP contribution in [0.3, 0.4) is 0 Å². The first-order chi connectivity index (χ1) is 16.4. The summed E-state index contributed by atoms with van der Waals surface area (Å²) in [5.74, 6) is -0.959. The topological polar surface area (TPSA) is 89.3 Å². The lowest BCUT2D eigenvalue weighted by Crippen LogP contribution is -2.36. The summed E-state index contributed by atoms with van der Waals surface area (Å²) in [5.41, 5.74) is 2.22. The second kappa shape index (κ2) is 9.95. The molecule has 1 aliphatic rings. The van der Waals surface area contributed by atoms with Crippen LogP contribution in [0.1, 0.15) is 48.9 Å². The molecule has 1 aromatic heterocycles. The van der Waals surface area contributed by atoms with E-state index in [4.69, 9.17) is 4.74 Å². The molecule has 1 aliphatic heterocycles. The Morgan fingerprint density at radius 1 is 1.18 bits per heavy atom. The van der Waals surface area contributed by atoms with Crippen molar-refractivity contribution in [3.05, 3.63) is 89.5 Å². The standard InChI is InChI=1S/C27H29N3O4/c1-18(2)19-8-10-20(11-9-19)24-23(25(31)21-6-4-7-22(16-21)34-3)26(32)27(33)30(24)14-5-13-29-15-12-28-17-29/h4,6-12,15-18,24H,5,13-14H2,1-3H3,(H,31,32). The first-order valence-corrected chi connectivity index (χ1v) is 11.4. The van der Waals surface area contributed by atoms with Crippen molar-refractivity contribution in [1.82, 2.24) is 9.88 Å². The van der Waals surface area contributed by atoms with Gasteiger partial charge in [-0.1, -0.05) is 56.0 Å². The lowest BCUT2D eigenvalue weighted by molar-refractivity contribution is -0.695. The third kappa shape index (κ3) is 4.59. The van der Waals surface area contributed by atoms with Crippen LogP contribution in [0.15, 0.2) is 72.8 Å². The van der Waals surface area contributed by atoms with Crippen LogP contribution in [0.25, 0.3) is 5.76 Å². The summed E-state index contributed by atoms with van der Waals surface area (Å²) in [5, 5.41) is 13.5. The van der Waals surface area contributed by atoms with E-state index in [2.05, 4.69) is 18.8 Å². The molecule has 4 rings (SSSR count). The van der Waals surface area contributed by atoms with E-state index in [1.54, 1.807) is 24.3 Å². The van der Waals surface area contributed by atoms with Crippen LogP contribution in [-0.2, 0) is 16.1 Å². The minimum absolute atomic E-state index is 0.00940. The molecule has 1 unspecified atom stereocenters. The molecule has 0 aliphatic carbocycles. The molecular formula is C27H29N3O4. The highest BCUT2D eigenvalue weighted by Gasteiger charge is 2.43. The largest absolute Gasteiger partial charge is 0.872 e. The van der Waals surface area contributed by atoms with Crippen molar-refractivity contribution in [1.29, 1.82) is 0 Å². The Hall–Kier alpha value is -3.87. The Kier molecular flexibility index (Phi) is 6.82. The van der Waals surface area contributed by atoms with Gasteiger partial charge in [0.05, 0.1) is 19.7 Å². The second-order valence-corrected chi connectivity index (χ2v) is 8.73. The number of rotatable bonds is 8. The second-order valence-electron chi connectivity index (χ2n) is 8.73. The van der Waals surface area contributed by atoms with E-state index in [1.807, 2.05) is 47.6 Å². The van der Waals surface area contributed by atoms with Crippen LogP contribution in [-0.4, -0.2) is 35.2 Å². The molecule has 176 valence electrons. The van der Waals surface area contributed by atoms with Crippen molar-refractivity contribution in [3.63, 3.8) is 0 Å². The number of imidazole rings is 1. The predicted octanol–water partition coefficient (Wildman–Crippen LogP) is 2.75. The van der Waals surface area contributed by atoms with E-state index < -0.39 is 23.5 Å². The number of amides is 1. The lowest BCUT2D eigenvalue weighted by atomic mass is 9.93. The number of hydrogen-bond acceptors (Lipinski definition) is 4. The molecule has 2 aromatic carbocycles. The molecule has 7 heteroatoms. The fourth-order valence-corrected chi connectivity index (χ4v) is 4.31. The molecule has 1 fully saturated rings. The summed E-state index contributed by atoms with van der Waals surface area (Å²) in [6.45, 7) is 5.24.